The summed E-state index contributed by atoms with van der Waals surface area (Å²) in [6, 6.07) is 36.9. The number of pyridine rings is 1. The largest absolute Gasteiger partial charge is 2.00 e. The van der Waals surface area contributed by atoms with Crippen molar-refractivity contribution in [1.29, 1.82) is 0 Å². The van der Waals surface area contributed by atoms with Gasteiger partial charge in [0.05, 0.1) is 18.2 Å². The van der Waals surface area contributed by atoms with Gasteiger partial charge < -0.3 is 14.0 Å². The Kier molecular flexibility index (Phi) is 10.6. The van der Waals surface area contributed by atoms with E-state index in [2.05, 4.69) is 125 Å². The second-order valence-electron chi connectivity index (χ2n) is 14.4. The Morgan fingerprint density at radius 3 is 2.36 bits per heavy atom. The first-order chi connectivity index (χ1) is 23.7. The van der Waals surface area contributed by atoms with Crippen LogP contribution in [-0.4, -0.2) is 28.1 Å². The molecule has 0 unspecified atom stereocenters. The number of hydrogen-bond acceptors (Lipinski definition) is 4. The molecule has 0 saturated carbocycles. The fourth-order valence-electron chi connectivity index (χ4n) is 7.02. The van der Waals surface area contributed by atoms with E-state index in [0.717, 1.165) is 70.2 Å². The van der Waals surface area contributed by atoms with Crippen LogP contribution < -0.4 is 4.74 Å². The zero-order valence-electron chi connectivity index (χ0n) is 29.8. The minimum absolute atomic E-state index is 0. The molecular formula is C44H45N3O2Pt. The number of aryl methyl sites for hydroxylation is 1. The Hall–Kier alpha value is -4.21. The molecule has 0 bridgehead atoms. The van der Waals surface area contributed by atoms with Gasteiger partial charge in [-0.25, -0.2) is 4.98 Å². The van der Waals surface area contributed by atoms with Crippen LogP contribution in [0.5, 0.6) is 11.5 Å². The van der Waals surface area contributed by atoms with E-state index in [4.69, 9.17) is 19.5 Å². The fourth-order valence-corrected chi connectivity index (χ4v) is 7.02. The molecule has 2 aromatic heterocycles. The summed E-state index contributed by atoms with van der Waals surface area (Å²) in [4.78, 5) is 9.97. The second kappa shape index (κ2) is 15.0. The van der Waals surface area contributed by atoms with Gasteiger partial charge in [0.1, 0.15) is 11.5 Å². The zero-order valence-corrected chi connectivity index (χ0v) is 32.1. The molecule has 1 atom stereocenters. The Morgan fingerprint density at radius 1 is 0.860 bits per heavy atom. The van der Waals surface area contributed by atoms with Crippen molar-refractivity contribution in [3.8, 4) is 28.3 Å². The van der Waals surface area contributed by atoms with Crippen molar-refractivity contribution in [2.75, 3.05) is 6.61 Å². The van der Waals surface area contributed by atoms with Gasteiger partial charge in [0.25, 0.3) is 0 Å². The summed E-state index contributed by atoms with van der Waals surface area (Å²) >= 11 is 0. The molecule has 0 spiro atoms. The molecule has 0 aliphatic carbocycles. The molecule has 0 radical (unpaired) electrons. The topological polar surface area (TPSA) is 48.6 Å². The molecule has 50 heavy (non-hydrogen) atoms. The molecule has 6 aromatic rings. The van der Waals surface area contributed by atoms with Gasteiger partial charge in [0.2, 0.25) is 0 Å². The quantitative estimate of drug-likeness (QED) is 0.129. The van der Waals surface area contributed by atoms with Gasteiger partial charge in [0.15, 0.2) is 0 Å². The first-order valence-corrected chi connectivity index (χ1v) is 17.7. The maximum Gasteiger partial charge on any atom is 2.00 e. The molecule has 6 heteroatoms. The first kappa shape index (κ1) is 35.6. The Bertz CT molecular complexity index is 2140. The SMILES string of the molecule is CCCC(CCC)[C@@H]1COC(c2[c-]c(Oc3[c-]c(-n4c5ccc(C)cc5c5cccnc54)cc(C(C)(C)C)c3)cc(-c3ccccc3)c2)=N1.[Pt+2]. The van der Waals surface area contributed by atoms with Crippen LogP contribution in [0.4, 0.5) is 0 Å². The van der Waals surface area contributed by atoms with Crippen molar-refractivity contribution in [2.45, 2.75) is 78.7 Å². The summed E-state index contributed by atoms with van der Waals surface area (Å²) in [7, 11) is 0. The molecule has 0 amide bonds. The normalized spacial score (nSPS) is 14.5. The molecule has 5 nitrogen and oxygen atoms in total. The van der Waals surface area contributed by atoms with E-state index in [0.29, 0.717) is 29.9 Å². The van der Waals surface area contributed by atoms with Crippen molar-refractivity contribution in [3.63, 3.8) is 0 Å². The molecule has 1 aliphatic rings. The fraction of sp³-hybridized carbons (Fsp3) is 0.318. The van der Waals surface area contributed by atoms with Crippen molar-refractivity contribution in [2.24, 2.45) is 10.9 Å². The van der Waals surface area contributed by atoms with E-state index < -0.39 is 0 Å². The average Bonchev–Trinajstić information content (AvgIpc) is 3.72. The summed E-state index contributed by atoms with van der Waals surface area (Å²) in [5.74, 6) is 2.37. The average molecular weight is 843 g/mol. The smallest absolute Gasteiger partial charge is 0.518 e. The van der Waals surface area contributed by atoms with Crippen LogP contribution in [0.1, 0.15) is 77.0 Å². The summed E-state index contributed by atoms with van der Waals surface area (Å²) in [5, 5.41) is 2.28. The molecular weight excluding hydrogens is 798 g/mol. The Labute approximate surface area is 311 Å². The zero-order chi connectivity index (χ0) is 34.1. The number of aromatic nitrogens is 2. The number of benzene rings is 4. The van der Waals surface area contributed by atoms with E-state index in [1.807, 2.05) is 24.4 Å². The first-order valence-electron chi connectivity index (χ1n) is 17.7. The monoisotopic (exact) mass is 842 g/mol. The number of hydrogen-bond donors (Lipinski definition) is 0. The number of nitrogens with zero attached hydrogens (tertiary/aromatic N) is 3. The third kappa shape index (κ3) is 7.30. The van der Waals surface area contributed by atoms with Crippen molar-refractivity contribution in [1.82, 2.24) is 9.55 Å². The number of ether oxygens (including phenoxy) is 2. The van der Waals surface area contributed by atoms with E-state index >= 15 is 0 Å². The van der Waals surface area contributed by atoms with Crippen LogP contribution in [0.15, 0.2) is 96.1 Å². The van der Waals surface area contributed by atoms with Crippen LogP contribution in [0, 0.1) is 25.0 Å². The maximum atomic E-state index is 6.75. The van der Waals surface area contributed by atoms with Gasteiger partial charge >= 0.3 is 21.1 Å². The Morgan fingerprint density at radius 2 is 1.62 bits per heavy atom. The summed E-state index contributed by atoms with van der Waals surface area (Å²) < 4.78 is 15.2. The molecule has 1 aliphatic heterocycles. The molecule has 3 heterocycles. The number of fused-ring (bicyclic) bond motifs is 3. The number of rotatable bonds is 10. The van der Waals surface area contributed by atoms with Crippen LogP contribution in [-0.2, 0) is 31.2 Å². The second-order valence-corrected chi connectivity index (χ2v) is 14.4. The third-order valence-corrected chi connectivity index (χ3v) is 9.56. The minimum Gasteiger partial charge on any atom is -0.518 e. The van der Waals surface area contributed by atoms with E-state index in [-0.39, 0.29) is 32.5 Å². The predicted molar refractivity (Wildman–Crippen MR) is 201 cm³/mol. The summed E-state index contributed by atoms with van der Waals surface area (Å²) in [5.41, 5.74) is 7.99. The van der Waals surface area contributed by atoms with Gasteiger partial charge in [-0.3, -0.25) is 4.99 Å². The standard InChI is InChI=1S/C44H45N3O2.Pt/c1-7-13-31(14-8-2)40-28-48-43(46-40)33-22-32(30-15-10-9-11-16-30)23-36(24-33)49-37-26-34(44(4,5)6)25-35(27-37)47-41-19-18-29(3)21-39(41)38-17-12-20-45-42(38)47;/h9-12,15-23,25-26,31,40H,7-8,13-14,28H2,1-6H3;/q-2;+2/t40-;/m0./s1. The van der Waals surface area contributed by atoms with E-state index in [9.17, 15) is 0 Å². The van der Waals surface area contributed by atoms with Crippen LogP contribution >= 0.6 is 0 Å². The molecule has 258 valence electrons. The van der Waals surface area contributed by atoms with Crippen molar-refractivity contribution in [3.05, 3.63) is 120 Å². The predicted octanol–water partition coefficient (Wildman–Crippen LogP) is 11.2. The van der Waals surface area contributed by atoms with Crippen molar-refractivity contribution >= 4 is 27.8 Å². The van der Waals surface area contributed by atoms with E-state index in [1.54, 1.807) is 0 Å². The van der Waals surface area contributed by atoms with Gasteiger partial charge in [-0.15, -0.1) is 29.8 Å². The molecule has 0 saturated heterocycles. The molecule has 0 N–H and O–H groups in total. The van der Waals surface area contributed by atoms with Crippen molar-refractivity contribution < 1.29 is 30.5 Å². The van der Waals surface area contributed by atoms with Crippen LogP contribution in [0.2, 0.25) is 0 Å². The van der Waals surface area contributed by atoms with E-state index in [1.165, 1.54) is 10.9 Å². The van der Waals surface area contributed by atoms with Gasteiger partial charge in [-0.1, -0.05) is 118 Å². The number of aliphatic imine (C=N–C) groups is 1. The van der Waals surface area contributed by atoms with Gasteiger partial charge in [-0.2, -0.15) is 0 Å². The minimum atomic E-state index is -0.138. The summed E-state index contributed by atoms with van der Waals surface area (Å²) in [6.45, 7) is 13.9. The maximum absolute atomic E-state index is 6.75. The van der Waals surface area contributed by atoms with Crippen LogP contribution in [0.25, 0.3) is 38.8 Å². The van der Waals surface area contributed by atoms with Gasteiger partial charge in [-0.05, 0) is 60.9 Å². The molecule has 0 fully saturated rings. The Balaban J connectivity index is 0.00000432. The van der Waals surface area contributed by atoms with Gasteiger partial charge in [0, 0.05) is 28.5 Å². The molecule has 7 rings (SSSR count). The summed E-state index contributed by atoms with van der Waals surface area (Å²) in [6.07, 6.45) is 6.46. The molecule has 4 aromatic carbocycles. The van der Waals surface area contributed by atoms with Crippen LogP contribution in [0.3, 0.4) is 0 Å². The third-order valence-electron chi connectivity index (χ3n) is 9.56.